The zero-order chi connectivity index (χ0) is 20.0. The van der Waals surface area contributed by atoms with Crippen molar-refractivity contribution in [3.8, 4) is 16.9 Å². The van der Waals surface area contributed by atoms with Crippen molar-refractivity contribution < 1.29 is 9.13 Å². The van der Waals surface area contributed by atoms with Crippen molar-refractivity contribution in [2.24, 2.45) is 0 Å². The molecular formula is C20H18FN7O. The van der Waals surface area contributed by atoms with E-state index in [1.165, 1.54) is 6.07 Å². The summed E-state index contributed by atoms with van der Waals surface area (Å²) in [5.41, 5.74) is 10.8. The Hall–Kier alpha value is -3.75. The van der Waals surface area contributed by atoms with Gasteiger partial charge in [-0.15, -0.1) is 10.2 Å². The van der Waals surface area contributed by atoms with E-state index >= 15 is 0 Å². The Bertz CT molecular complexity index is 1240. The molecular weight excluding hydrogens is 373 g/mol. The van der Waals surface area contributed by atoms with Gasteiger partial charge in [-0.05, 0) is 13.0 Å². The molecule has 4 aromatic rings. The van der Waals surface area contributed by atoms with Crippen LogP contribution in [0, 0.1) is 12.7 Å². The molecule has 3 N–H and O–H groups in total. The first-order valence-corrected chi connectivity index (χ1v) is 9.20. The minimum atomic E-state index is -0.359. The predicted molar refractivity (Wildman–Crippen MR) is 106 cm³/mol. The van der Waals surface area contributed by atoms with Crippen molar-refractivity contribution in [1.29, 1.82) is 0 Å². The smallest absolute Gasteiger partial charge is 0.210 e. The molecule has 0 atom stereocenters. The van der Waals surface area contributed by atoms with Crippen LogP contribution >= 0.6 is 0 Å². The molecule has 3 aromatic heterocycles. The number of aromatic nitrogens is 5. The number of hydrogen-bond donors (Lipinski definition) is 2. The van der Waals surface area contributed by atoms with E-state index in [4.69, 9.17) is 10.5 Å². The van der Waals surface area contributed by atoms with E-state index < -0.39 is 0 Å². The highest BCUT2D eigenvalue weighted by molar-refractivity contribution is 5.78. The monoisotopic (exact) mass is 391 g/mol. The van der Waals surface area contributed by atoms with Crippen LogP contribution in [-0.4, -0.2) is 31.2 Å². The van der Waals surface area contributed by atoms with Crippen LogP contribution in [0.1, 0.15) is 16.8 Å². The average molecular weight is 391 g/mol. The molecule has 0 unspecified atom stereocenters. The maximum Gasteiger partial charge on any atom is 0.210 e. The fraction of sp³-hybridized carbons (Fsp3) is 0.200. The molecule has 0 aliphatic carbocycles. The maximum absolute atomic E-state index is 14.6. The normalized spacial score (nSPS) is 12.8. The fourth-order valence-electron chi connectivity index (χ4n) is 3.70. The summed E-state index contributed by atoms with van der Waals surface area (Å²) in [4.78, 5) is 8.85. The third-order valence-corrected chi connectivity index (χ3v) is 5.12. The Morgan fingerprint density at radius 1 is 1.31 bits per heavy atom. The van der Waals surface area contributed by atoms with E-state index in [0.717, 1.165) is 22.4 Å². The summed E-state index contributed by atoms with van der Waals surface area (Å²) in [6.45, 7) is 2.67. The average Bonchev–Trinajstić information content (AvgIpc) is 3.38. The van der Waals surface area contributed by atoms with Gasteiger partial charge in [-0.3, -0.25) is 9.38 Å². The van der Waals surface area contributed by atoms with E-state index in [0.29, 0.717) is 41.6 Å². The fourth-order valence-corrected chi connectivity index (χ4v) is 3.70. The van der Waals surface area contributed by atoms with Gasteiger partial charge >= 0.3 is 0 Å². The van der Waals surface area contributed by atoms with Crippen LogP contribution in [0.3, 0.4) is 0 Å². The van der Waals surface area contributed by atoms with E-state index in [-0.39, 0.29) is 12.4 Å². The molecule has 0 saturated carbocycles. The number of nitrogens with zero attached hydrogens (tertiary/aromatic N) is 5. The van der Waals surface area contributed by atoms with Gasteiger partial charge in [-0.25, -0.2) is 9.37 Å². The van der Waals surface area contributed by atoms with E-state index in [2.05, 4.69) is 25.5 Å². The topological polar surface area (TPSA) is 103 Å². The second-order valence-electron chi connectivity index (χ2n) is 6.84. The molecule has 1 aliphatic heterocycles. The van der Waals surface area contributed by atoms with Crippen LogP contribution in [-0.2, 0) is 13.0 Å². The number of aryl methyl sites for hydroxylation is 1. The lowest BCUT2D eigenvalue weighted by Gasteiger charge is -2.14. The van der Waals surface area contributed by atoms with Gasteiger partial charge in [0.25, 0.3) is 0 Å². The molecule has 0 fully saturated rings. The van der Waals surface area contributed by atoms with Gasteiger partial charge in [0.05, 0.1) is 12.3 Å². The molecule has 4 heterocycles. The van der Waals surface area contributed by atoms with Crippen molar-refractivity contribution >= 4 is 17.3 Å². The van der Waals surface area contributed by atoms with Crippen LogP contribution in [0.2, 0.25) is 0 Å². The number of nitrogen functional groups attached to an aromatic ring is 1. The first kappa shape index (κ1) is 17.4. The number of nitrogens with two attached hydrogens (primary N) is 1. The third kappa shape index (κ3) is 2.82. The third-order valence-electron chi connectivity index (χ3n) is 5.12. The molecule has 0 saturated heterocycles. The second-order valence-corrected chi connectivity index (χ2v) is 6.84. The number of nitrogens with one attached hydrogen (secondary N) is 1. The second kappa shape index (κ2) is 6.69. The van der Waals surface area contributed by atoms with E-state index in [9.17, 15) is 4.39 Å². The van der Waals surface area contributed by atoms with Crippen LogP contribution in [0.4, 0.5) is 16.0 Å². The van der Waals surface area contributed by atoms with E-state index in [1.54, 1.807) is 23.1 Å². The van der Waals surface area contributed by atoms with E-state index in [1.807, 2.05) is 19.1 Å². The summed E-state index contributed by atoms with van der Waals surface area (Å²) in [6, 6.07) is 5.14. The molecule has 1 aromatic carbocycles. The Morgan fingerprint density at radius 2 is 2.21 bits per heavy atom. The molecule has 9 heteroatoms. The Labute approximate surface area is 165 Å². The summed E-state index contributed by atoms with van der Waals surface area (Å²) in [5.74, 6) is 0.731. The highest BCUT2D eigenvalue weighted by Gasteiger charge is 2.23. The van der Waals surface area contributed by atoms with Crippen LogP contribution in [0.15, 0.2) is 36.9 Å². The molecule has 0 amide bonds. The Morgan fingerprint density at radius 3 is 3.07 bits per heavy atom. The van der Waals surface area contributed by atoms with Crippen molar-refractivity contribution in [3.05, 3.63) is 59.6 Å². The highest BCUT2D eigenvalue weighted by Crippen LogP contribution is 2.36. The summed E-state index contributed by atoms with van der Waals surface area (Å²) in [5, 5.41) is 11.4. The number of pyridine rings is 1. The first-order chi connectivity index (χ1) is 14.1. The summed E-state index contributed by atoms with van der Waals surface area (Å²) < 4.78 is 21.8. The molecule has 146 valence electrons. The quantitative estimate of drug-likeness (QED) is 0.516. The zero-order valence-corrected chi connectivity index (χ0v) is 15.7. The van der Waals surface area contributed by atoms with Crippen LogP contribution in [0.25, 0.3) is 16.8 Å². The number of benzene rings is 1. The van der Waals surface area contributed by atoms with Crippen molar-refractivity contribution in [2.45, 2.75) is 19.9 Å². The first-order valence-electron chi connectivity index (χ1n) is 9.20. The van der Waals surface area contributed by atoms with Gasteiger partial charge in [0.15, 0.2) is 5.65 Å². The van der Waals surface area contributed by atoms with Gasteiger partial charge in [0.1, 0.15) is 17.9 Å². The van der Waals surface area contributed by atoms with Crippen LogP contribution in [0.5, 0.6) is 5.75 Å². The van der Waals surface area contributed by atoms with Crippen LogP contribution < -0.4 is 15.8 Å². The van der Waals surface area contributed by atoms with Gasteiger partial charge < -0.3 is 15.8 Å². The summed E-state index contributed by atoms with van der Waals surface area (Å²) in [6.07, 6.45) is 5.67. The molecule has 8 nitrogen and oxygen atoms in total. The van der Waals surface area contributed by atoms with Gasteiger partial charge in [-0.1, -0.05) is 6.07 Å². The molecule has 0 bridgehead atoms. The van der Waals surface area contributed by atoms with Gasteiger partial charge in [-0.2, -0.15) is 0 Å². The van der Waals surface area contributed by atoms with Gasteiger partial charge in [0, 0.05) is 59.4 Å². The molecule has 0 spiro atoms. The van der Waals surface area contributed by atoms with Crippen molar-refractivity contribution in [1.82, 2.24) is 24.6 Å². The number of halogens is 1. The lowest BCUT2D eigenvalue weighted by Crippen LogP contribution is -2.10. The van der Waals surface area contributed by atoms with Crippen molar-refractivity contribution in [2.75, 3.05) is 17.7 Å². The molecule has 29 heavy (non-hydrogen) atoms. The standard InChI is InChI=1S/C20H18FN7O/c1-11-12(3-2-5-23-11)15-9-25-20(28-10-26-27-19(15)28)24-8-14-13-4-6-29-18(13)17(22)7-16(14)21/h2-3,5,7,9-10H,4,6,8,22H2,1H3,(H,24,25). The number of rotatable bonds is 4. The predicted octanol–water partition coefficient (Wildman–Crippen LogP) is 2.76. The molecule has 0 radical (unpaired) electrons. The minimum Gasteiger partial charge on any atom is -0.491 e. The Balaban J connectivity index is 1.51. The number of ether oxygens (including phenoxy) is 1. The molecule has 1 aliphatic rings. The number of hydrogen-bond acceptors (Lipinski definition) is 7. The molecule has 5 rings (SSSR count). The summed E-state index contributed by atoms with van der Waals surface area (Å²) in [7, 11) is 0. The lowest BCUT2D eigenvalue weighted by atomic mass is 10.0. The van der Waals surface area contributed by atoms with Gasteiger partial charge in [0.2, 0.25) is 5.95 Å². The minimum absolute atomic E-state index is 0.239. The number of fused-ring (bicyclic) bond motifs is 2. The summed E-state index contributed by atoms with van der Waals surface area (Å²) >= 11 is 0. The maximum atomic E-state index is 14.6. The Kier molecular flexibility index (Phi) is 4.01. The SMILES string of the molecule is Cc1ncccc1-c1cnc(NCc2c(F)cc(N)c3c2CCO3)n2cnnc12. The highest BCUT2D eigenvalue weighted by atomic mass is 19.1. The number of anilines is 2. The largest absolute Gasteiger partial charge is 0.491 e. The zero-order valence-electron chi connectivity index (χ0n) is 15.7. The van der Waals surface area contributed by atoms with Crippen molar-refractivity contribution in [3.63, 3.8) is 0 Å². The lowest BCUT2D eigenvalue weighted by molar-refractivity contribution is 0.358.